The number of aromatic nitrogens is 1. The third-order valence-electron chi connectivity index (χ3n) is 4.91. The highest BCUT2D eigenvalue weighted by atomic mass is 79.9. The number of fused-ring (bicyclic) bond motifs is 1. The number of amides is 1. The molecule has 27 heavy (non-hydrogen) atoms. The van der Waals surface area contributed by atoms with Crippen molar-refractivity contribution in [1.82, 2.24) is 10.3 Å². The molecule has 0 aliphatic carbocycles. The zero-order valence-electron chi connectivity index (χ0n) is 14.8. The Balaban J connectivity index is 1.57. The molecule has 4 rings (SSSR count). The van der Waals surface area contributed by atoms with Gasteiger partial charge in [0.2, 0.25) is 0 Å². The molecule has 0 radical (unpaired) electrons. The molecule has 1 amide bonds. The predicted octanol–water partition coefficient (Wildman–Crippen LogP) is 4.38. The minimum Gasteiger partial charge on any atom is -0.362 e. The Hall–Kier alpha value is -2.66. The van der Waals surface area contributed by atoms with Crippen molar-refractivity contribution in [3.05, 3.63) is 94.2 Å². The van der Waals surface area contributed by atoms with Gasteiger partial charge in [-0.2, -0.15) is 0 Å². The van der Waals surface area contributed by atoms with Crippen LogP contribution >= 0.6 is 15.9 Å². The lowest BCUT2D eigenvalue weighted by atomic mass is 10.1. The van der Waals surface area contributed by atoms with Crippen LogP contribution < -0.4 is 10.2 Å². The smallest absolute Gasteiger partial charge is 0.251 e. The second-order valence-corrected chi connectivity index (χ2v) is 7.51. The molecule has 0 fully saturated rings. The van der Waals surface area contributed by atoms with Crippen molar-refractivity contribution in [3.63, 3.8) is 0 Å². The molecule has 0 saturated heterocycles. The minimum absolute atomic E-state index is 0.0402. The number of pyridine rings is 1. The van der Waals surface area contributed by atoms with Crippen LogP contribution in [0.1, 0.15) is 27.5 Å². The molecule has 1 aromatic heterocycles. The molecule has 136 valence electrons. The van der Waals surface area contributed by atoms with Crippen LogP contribution in [0.25, 0.3) is 0 Å². The minimum atomic E-state index is -0.0716. The van der Waals surface area contributed by atoms with Gasteiger partial charge in [-0.05, 0) is 47.9 Å². The van der Waals surface area contributed by atoms with Gasteiger partial charge in [0.15, 0.2) is 0 Å². The summed E-state index contributed by atoms with van der Waals surface area (Å²) in [6.45, 7) is 1.46. The first-order chi connectivity index (χ1) is 13.2. The van der Waals surface area contributed by atoms with E-state index in [4.69, 9.17) is 0 Å². The first-order valence-electron chi connectivity index (χ1n) is 9.00. The quantitative estimate of drug-likeness (QED) is 0.664. The summed E-state index contributed by atoms with van der Waals surface area (Å²) >= 11 is 3.42. The number of carbonyl (C=O) groups excluding carboxylic acids is 1. The first kappa shape index (κ1) is 17.7. The maximum Gasteiger partial charge on any atom is 0.251 e. The van der Waals surface area contributed by atoms with E-state index in [9.17, 15) is 4.79 Å². The van der Waals surface area contributed by atoms with Crippen LogP contribution in [-0.2, 0) is 6.42 Å². The van der Waals surface area contributed by atoms with Gasteiger partial charge in [-0.1, -0.05) is 46.3 Å². The molecule has 2 heterocycles. The van der Waals surface area contributed by atoms with Crippen molar-refractivity contribution in [3.8, 4) is 0 Å². The highest BCUT2D eigenvalue weighted by Crippen LogP contribution is 2.34. The van der Waals surface area contributed by atoms with E-state index in [1.54, 1.807) is 6.20 Å². The second-order valence-electron chi connectivity index (χ2n) is 6.59. The van der Waals surface area contributed by atoms with Crippen molar-refractivity contribution in [1.29, 1.82) is 0 Å². The molecule has 1 unspecified atom stereocenters. The molecule has 2 aromatic carbocycles. The lowest BCUT2D eigenvalue weighted by Crippen LogP contribution is -2.37. The van der Waals surface area contributed by atoms with Crippen LogP contribution in [0.15, 0.2) is 77.5 Å². The predicted molar refractivity (Wildman–Crippen MR) is 111 cm³/mol. The molecule has 0 spiro atoms. The molecule has 1 N–H and O–H groups in total. The zero-order chi connectivity index (χ0) is 18.6. The number of rotatable bonds is 5. The van der Waals surface area contributed by atoms with E-state index in [1.165, 1.54) is 11.3 Å². The fraction of sp³-hybridized carbons (Fsp3) is 0.182. The number of nitrogens with zero attached hydrogens (tertiary/aromatic N) is 2. The van der Waals surface area contributed by atoms with Crippen molar-refractivity contribution in [2.75, 3.05) is 18.0 Å². The number of carbonyl (C=O) groups is 1. The van der Waals surface area contributed by atoms with E-state index in [1.807, 2.05) is 36.5 Å². The summed E-state index contributed by atoms with van der Waals surface area (Å²) in [7, 11) is 0. The maximum absolute atomic E-state index is 12.6. The molecule has 1 aliphatic rings. The summed E-state index contributed by atoms with van der Waals surface area (Å²) in [5.41, 5.74) is 4.34. The molecule has 4 nitrogen and oxygen atoms in total. The van der Waals surface area contributed by atoms with Crippen molar-refractivity contribution in [2.24, 2.45) is 0 Å². The van der Waals surface area contributed by atoms with Crippen molar-refractivity contribution < 1.29 is 4.79 Å². The number of nitrogens with one attached hydrogen (secondary N) is 1. The third-order valence-corrected chi connectivity index (χ3v) is 5.40. The average Bonchev–Trinajstić information content (AvgIpc) is 3.13. The maximum atomic E-state index is 12.6. The highest BCUT2D eigenvalue weighted by molar-refractivity contribution is 9.10. The molecule has 0 bridgehead atoms. The summed E-state index contributed by atoms with van der Waals surface area (Å²) in [5.74, 6) is -0.0716. The first-order valence-corrected chi connectivity index (χ1v) is 9.80. The van der Waals surface area contributed by atoms with Gasteiger partial charge in [-0.25, -0.2) is 0 Å². The Morgan fingerprint density at radius 3 is 2.85 bits per heavy atom. The van der Waals surface area contributed by atoms with Crippen LogP contribution in [-0.4, -0.2) is 24.0 Å². The average molecular weight is 422 g/mol. The Bertz CT molecular complexity index is 945. The normalized spacial score (nSPS) is 13.9. The molecular formula is C22H20BrN3O. The summed E-state index contributed by atoms with van der Waals surface area (Å²) in [6, 6.07) is 20.0. The van der Waals surface area contributed by atoms with E-state index >= 15 is 0 Å². The zero-order valence-corrected chi connectivity index (χ0v) is 16.4. The van der Waals surface area contributed by atoms with E-state index in [0.29, 0.717) is 12.1 Å². The molecular weight excluding hydrogens is 402 g/mol. The van der Waals surface area contributed by atoms with Crippen LogP contribution in [0.4, 0.5) is 5.69 Å². The Labute approximate surface area is 167 Å². The van der Waals surface area contributed by atoms with Crippen LogP contribution in [0, 0.1) is 0 Å². The molecule has 0 saturated carbocycles. The van der Waals surface area contributed by atoms with Gasteiger partial charge in [0.1, 0.15) is 0 Å². The summed E-state index contributed by atoms with van der Waals surface area (Å²) < 4.78 is 0.896. The fourth-order valence-corrected chi connectivity index (χ4v) is 3.99. The van der Waals surface area contributed by atoms with Gasteiger partial charge in [-0.15, -0.1) is 0 Å². The second kappa shape index (κ2) is 7.92. The fourth-order valence-electron chi connectivity index (χ4n) is 3.59. The lowest BCUT2D eigenvalue weighted by Gasteiger charge is -2.31. The Kier molecular flexibility index (Phi) is 5.21. The standard InChI is InChI=1S/C22H20BrN3O/c23-19-8-3-6-17(13-19)22(27)25-15-21(18-7-4-11-24-14-18)26-12-10-16-5-1-2-9-20(16)26/h1-9,11,13-14,21H,10,12,15H2,(H,25,27). The summed E-state index contributed by atoms with van der Waals surface area (Å²) in [5, 5.41) is 3.10. The topological polar surface area (TPSA) is 45.2 Å². The van der Waals surface area contributed by atoms with E-state index in [0.717, 1.165) is 23.0 Å². The lowest BCUT2D eigenvalue weighted by molar-refractivity contribution is 0.0951. The number of halogens is 1. The Morgan fingerprint density at radius 1 is 1.15 bits per heavy atom. The summed E-state index contributed by atoms with van der Waals surface area (Å²) in [6.07, 6.45) is 4.68. The number of hydrogen-bond donors (Lipinski definition) is 1. The number of para-hydroxylation sites is 1. The van der Waals surface area contributed by atoms with Crippen molar-refractivity contribution >= 4 is 27.5 Å². The molecule has 3 aromatic rings. The van der Waals surface area contributed by atoms with Gasteiger partial charge in [0.25, 0.3) is 5.91 Å². The summed E-state index contributed by atoms with van der Waals surface area (Å²) in [4.78, 5) is 19.3. The van der Waals surface area contributed by atoms with Gasteiger partial charge >= 0.3 is 0 Å². The van der Waals surface area contributed by atoms with Gasteiger partial charge in [0.05, 0.1) is 6.04 Å². The number of anilines is 1. The third kappa shape index (κ3) is 3.88. The van der Waals surface area contributed by atoms with Crippen molar-refractivity contribution in [2.45, 2.75) is 12.5 Å². The SMILES string of the molecule is O=C(NCC(c1cccnc1)N1CCc2ccccc21)c1cccc(Br)c1. The van der Waals surface area contributed by atoms with E-state index in [2.05, 4.69) is 61.5 Å². The van der Waals surface area contributed by atoms with E-state index < -0.39 is 0 Å². The van der Waals surface area contributed by atoms with Crippen LogP contribution in [0.5, 0.6) is 0 Å². The largest absolute Gasteiger partial charge is 0.362 e. The van der Waals surface area contributed by atoms with E-state index in [-0.39, 0.29) is 11.9 Å². The monoisotopic (exact) mass is 421 g/mol. The van der Waals surface area contributed by atoms with Crippen LogP contribution in [0.3, 0.4) is 0 Å². The van der Waals surface area contributed by atoms with Gasteiger partial charge in [0, 0.05) is 41.2 Å². The van der Waals surface area contributed by atoms with Gasteiger partial charge < -0.3 is 10.2 Å². The number of benzene rings is 2. The van der Waals surface area contributed by atoms with Crippen LogP contribution in [0.2, 0.25) is 0 Å². The highest BCUT2D eigenvalue weighted by Gasteiger charge is 2.27. The molecule has 5 heteroatoms. The number of hydrogen-bond acceptors (Lipinski definition) is 3. The molecule has 1 atom stereocenters. The van der Waals surface area contributed by atoms with Gasteiger partial charge in [-0.3, -0.25) is 9.78 Å². The Morgan fingerprint density at radius 2 is 2.04 bits per heavy atom. The molecule has 1 aliphatic heterocycles.